The van der Waals surface area contributed by atoms with E-state index in [0.29, 0.717) is 13.0 Å². The third-order valence-electron chi connectivity index (χ3n) is 3.91. The van der Waals surface area contributed by atoms with Crippen molar-refractivity contribution in [2.75, 3.05) is 0 Å². The molecule has 1 fully saturated rings. The first-order valence-corrected chi connectivity index (χ1v) is 6.58. The van der Waals surface area contributed by atoms with Gasteiger partial charge < -0.3 is 14.6 Å². The number of aliphatic carboxylic acids is 1. The molecule has 0 atom stereocenters. The second-order valence-corrected chi connectivity index (χ2v) is 5.99. The molecule has 2 aliphatic rings. The lowest BCUT2D eigenvalue weighted by atomic mass is 9.95. The molecule has 0 spiro atoms. The maximum absolute atomic E-state index is 11.2. The van der Waals surface area contributed by atoms with Gasteiger partial charge in [0.25, 0.3) is 0 Å². The van der Waals surface area contributed by atoms with Gasteiger partial charge in [0.15, 0.2) is 0 Å². The molecule has 4 heteroatoms. The minimum atomic E-state index is -0.682. The highest BCUT2D eigenvalue weighted by Crippen LogP contribution is 2.49. The lowest BCUT2D eigenvalue weighted by Gasteiger charge is -2.32. The standard InChI is InChI=1S/C15H18O4/c1-14(2)18-9-11-7-10(3-4-12(11)19-14)8-15(5-6-15)13(16)17/h3-4,7H,5-6,8-9H2,1-2H3,(H,16,17). The number of carboxylic acid groups (broad SMARTS) is 1. The van der Waals surface area contributed by atoms with Gasteiger partial charge in [-0.25, -0.2) is 0 Å². The summed E-state index contributed by atoms with van der Waals surface area (Å²) < 4.78 is 11.3. The number of carboxylic acids is 1. The Kier molecular flexibility index (Phi) is 2.61. The van der Waals surface area contributed by atoms with Crippen LogP contribution in [0.2, 0.25) is 0 Å². The number of benzene rings is 1. The quantitative estimate of drug-likeness (QED) is 0.910. The zero-order valence-electron chi connectivity index (χ0n) is 11.2. The lowest BCUT2D eigenvalue weighted by Crippen LogP contribution is -2.35. The molecule has 1 aliphatic heterocycles. The highest BCUT2D eigenvalue weighted by Gasteiger charge is 2.50. The summed E-state index contributed by atoms with van der Waals surface area (Å²) in [5.74, 6) is -0.438. The van der Waals surface area contributed by atoms with Crippen LogP contribution < -0.4 is 4.74 Å². The molecule has 1 aromatic rings. The van der Waals surface area contributed by atoms with Crippen LogP contribution in [0, 0.1) is 5.41 Å². The van der Waals surface area contributed by atoms with Crippen molar-refractivity contribution in [2.45, 2.75) is 45.5 Å². The van der Waals surface area contributed by atoms with Gasteiger partial charge in [-0.15, -0.1) is 0 Å². The van der Waals surface area contributed by atoms with Crippen LogP contribution in [0.4, 0.5) is 0 Å². The number of hydrogen-bond acceptors (Lipinski definition) is 3. The molecule has 0 amide bonds. The van der Waals surface area contributed by atoms with Crippen LogP contribution in [0.5, 0.6) is 5.75 Å². The maximum Gasteiger partial charge on any atom is 0.309 e. The van der Waals surface area contributed by atoms with Crippen LogP contribution in [0.25, 0.3) is 0 Å². The maximum atomic E-state index is 11.2. The van der Waals surface area contributed by atoms with Crippen LogP contribution in [0.15, 0.2) is 18.2 Å². The van der Waals surface area contributed by atoms with Crippen LogP contribution in [0.1, 0.15) is 37.8 Å². The topological polar surface area (TPSA) is 55.8 Å². The van der Waals surface area contributed by atoms with Crippen molar-refractivity contribution >= 4 is 5.97 Å². The van der Waals surface area contributed by atoms with Gasteiger partial charge in [-0.05, 0) is 37.0 Å². The SMILES string of the molecule is CC1(C)OCc2cc(CC3(C(=O)O)CC3)ccc2O1. The van der Waals surface area contributed by atoms with Gasteiger partial charge in [0, 0.05) is 19.4 Å². The molecule has 0 unspecified atom stereocenters. The number of ether oxygens (including phenoxy) is 2. The third kappa shape index (κ3) is 2.32. The summed E-state index contributed by atoms with van der Waals surface area (Å²) in [6, 6.07) is 5.89. The number of rotatable bonds is 3. The van der Waals surface area contributed by atoms with Crippen molar-refractivity contribution in [1.29, 1.82) is 0 Å². The lowest BCUT2D eigenvalue weighted by molar-refractivity contribution is -0.180. The van der Waals surface area contributed by atoms with Crippen molar-refractivity contribution in [1.82, 2.24) is 0 Å². The Hall–Kier alpha value is -1.55. The average Bonchev–Trinajstić information content (AvgIpc) is 3.10. The zero-order chi connectivity index (χ0) is 13.7. The van der Waals surface area contributed by atoms with Crippen molar-refractivity contribution in [3.63, 3.8) is 0 Å². The van der Waals surface area contributed by atoms with E-state index in [1.807, 2.05) is 32.0 Å². The Bertz CT molecular complexity index is 529. The molecule has 0 aromatic heterocycles. The second kappa shape index (κ2) is 3.97. The van der Waals surface area contributed by atoms with E-state index < -0.39 is 17.2 Å². The van der Waals surface area contributed by atoms with Crippen molar-refractivity contribution in [2.24, 2.45) is 5.41 Å². The summed E-state index contributed by atoms with van der Waals surface area (Å²) in [7, 11) is 0. The summed E-state index contributed by atoms with van der Waals surface area (Å²) >= 11 is 0. The molecule has 0 radical (unpaired) electrons. The van der Waals surface area contributed by atoms with Gasteiger partial charge in [-0.2, -0.15) is 0 Å². The number of hydrogen-bond donors (Lipinski definition) is 1. The van der Waals surface area contributed by atoms with E-state index in [2.05, 4.69) is 0 Å². The fourth-order valence-corrected chi connectivity index (χ4v) is 2.51. The Morgan fingerprint density at radius 3 is 2.74 bits per heavy atom. The molecule has 102 valence electrons. The first-order valence-electron chi connectivity index (χ1n) is 6.58. The first-order chi connectivity index (χ1) is 8.90. The van der Waals surface area contributed by atoms with Crippen LogP contribution in [-0.4, -0.2) is 16.9 Å². The molecule has 1 saturated carbocycles. The molecule has 1 aromatic carbocycles. The Balaban J connectivity index is 1.81. The monoisotopic (exact) mass is 262 g/mol. The number of carbonyl (C=O) groups is 1. The molecule has 0 saturated heterocycles. The van der Waals surface area contributed by atoms with Crippen molar-refractivity contribution < 1.29 is 19.4 Å². The third-order valence-corrected chi connectivity index (χ3v) is 3.91. The second-order valence-electron chi connectivity index (χ2n) is 5.99. The van der Waals surface area contributed by atoms with E-state index in [1.54, 1.807) is 0 Å². The van der Waals surface area contributed by atoms with Gasteiger partial charge in [-0.3, -0.25) is 4.79 Å². The van der Waals surface area contributed by atoms with E-state index in [0.717, 1.165) is 29.7 Å². The summed E-state index contributed by atoms with van der Waals surface area (Å²) in [6.07, 6.45) is 2.15. The van der Waals surface area contributed by atoms with Gasteiger partial charge in [0.2, 0.25) is 5.79 Å². The predicted octanol–water partition coefficient (Wildman–Crippen LogP) is 2.74. The summed E-state index contributed by atoms with van der Waals surface area (Å²) in [4.78, 5) is 11.2. The first kappa shape index (κ1) is 12.5. The largest absolute Gasteiger partial charge is 0.481 e. The summed E-state index contributed by atoms with van der Waals surface area (Å²) in [5.41, 5.74) is 1.52. The van der Waals surface area contributed by atoms with E-state index in [-0.39, 0.29) is 0 Å². The minimum Gasteiger partial charge on any atom is -0.481 e. The van der Waals surface area contributed by atoms with Gasteiger partial charge in [0.05, 0.1) is 12.0 Å². The highest BCUT2D eigenvalue weighted by atomic mass is 16.7. The highest BCUT2D eigenvalue weighted by molar-refractivity contribution is 5.78. The Morgan fingerprint density at radius 2 is 2.11 bits per heavy atom. The molecule has 1 N–H and O–H groups in total. The van der Waals surface area contributed by atoms with Crippen LogP contribution in [-0.2, 0) is 22.6 Å². The average molecular weight is 262 g/mol. The van der Waals surface area contributed by atoms with Gasteiger partial charge in [0.1, 0.15) is 5.75 Å². The molecule has 3 rings (SSSR count). The molecular formula is C15H18O4. The van der Waals surface area contributed by atoms with Crippen molar-refractivity contribution in [3.05, 3.63) is 29.3 Å². The Labute approximate surface area is 112 Å². The predicted molar refractivity (Wildman–Crippen MR) is 68.9 cm³/mol. The molecule has 0 bridgehead atoms. The zero-order valence-corrected chi connectivity index (χ0v) is 11.2. The van der Waals surface area contributed by atoms with Gasteiger partial charge >= 0.3 is 5.97 Å². The molecule has 1 aliphatic carbocycles. The normalized spacial score (nSPS) is 22.2. The molecule has 4 nitrogen and oxygen atoms in total. The van der Waals surface area contributed by atoms with Gasteiger partial charge in [-0.1, -0.05) is 6.07 Å². The van der Waals surface area contributed by atoms with E-state index >= 15 is 0 Å². The minimum absolute atomic E-state index is 0.510. The summed E-state index contributed by atoms with van der Waals surface area (Å²) in [6.45, 7) is 4.27. The fourth-order valence-electron chi connectivity index (χ4n) is 2.51. The van der Waals surface area contributed by atoms with E-state index in [9.17, 15) is 9.90 Å². The van der Waals surface area contributed by atoms with Crippen LogP contribution in [0.3, 0.4) is 0 Å². The Morgan fingerprint density at radius 1 is 1.37 bits per heavy atom. The van der Waals surface area contributed by atoms with E-state index in [1.165, 1.54) is 0 Å². The fraction of sp³-hybridized carbons (Fsp3) is 0.533. The smallest absolute Gasteiger partial charge is 0.309 e. The molecular weight excluding hydrogens is 244 g/mol. The number of fused-ring (bicyclic) bond motifs is 1. The summed E-state index contributed by atoms with van der Waals surface area (Å²) in [5, 5.41) is 9.22. The van der Waals surface area contributed by atoms with Crippen LogP contribution >= 0.6 is 0 Å². The molecule has 19 heavy (non-hydrogen) atoms. The van der Waals surface area contributed by atoms with Crippen molar-refractivity contribution in [3.8, 4) is 5.75 Å². The van der Waals surface area contributed by atoms with E-state index in [4.69, 9.17) is 9.47 Å². The molecule has 1 heterocycles.